The minimum absolute atomic E-state index is 0.196. The van der Waals surface area contributed by atoms with E-state index in [9.17, 15) is 4.79 Å². The molecule has 0 bridgehead atoms. The van der Waals surface area contributed by atoms with Crippen LogP contribution in [-0.4, -0.2) is 37.5 Å². The van der Waals surface area contributed by atoms with E-state index >= 15 is 0 Å². The monoisotopic (exact) mass is 362 g/mol. The van der Waals surface area contributed by atoms with E-state index < -0.39 is 18.3 Å². The van der Waals surface area contributed by atoms with Crippen LogP contribution in [0.4, 0.5) is 0 Å². The summed E-state index contributed by atoms with van der Waals surface area (Å²) < 4.78 is 23.3. The van der Waals surface area contributed by atoms with Gasteiger partial charge in [-0.25, -0.2) is 0 Å². The molecule has 1 atom stereocenters. The van der Waals surface area contributed by atoms with Crippen LogP contribution in [-0.2, 0) is 18.8 Å². The predicted octanol–water partition coefficient (Wildman–Crippen LogP) is 4.14. The second-order valence-corrected chi connectivity index (χ2v) is 7.66. The molecule has 0 aliphatic carbocycles. The van der Waals surface area contributed by atoms with E-state index in [0.29, 0.717) is 13.2 Å². The van der Waals surface area contributed by atoms with E-state index in [1.165, 1.54) is 0 Å². The largest absolute Gasteiger partial charge is 0.494 e. The summed E-state index contributed by atoms with van der Waals surface area (Å²) >= 11 is 0. The molecule has 1 heterocycles. The van der Waals surface area contributed by atoms with Crippen molar-refractivity contribution in [2.45, 2.75) is 71.4 Å². The van der Waals surface area contributed by atoms with Gasteiger partial charge in [-0.3, -0.25) is 4.79 Å². The highest BCUT2D eigenvalue weighted by atomic mass is 16.7. The summed E-state index contributed by atoms with van der Waals surface area (Å²) in [5.74, 6) is 0.266. The van der Waals surface area contributed by atoms with E-state index in [4.69, 9.17) is 18.8 Å². The Bertz CT molecular complexity index is 598. The highest BCUT2D eigenvalue weighted by Crippen LogP contribution is 2.42. The molecule has 1 fully saturated rings. The highest BCUT2D eigenvalue weighted by Gasteiger charge is 2.54. The Kier molecular flexibility index (Phi) is 6.75. The topological polar surface area (TPSA) is 54.0 Å². The van der Waals surface area contributed by atoms with Crippen molar-refractivity contribution in [1.29, 1.82) is 0 Å². The smallest absolute Gasteiger partial charge is 0.466 e. The van der Waals surface area contributed by atoms with Gasteiger partial charge in [-0.1, -0.05) is 19.1 Å². The number of rotatable bonds is 8. The van der Waals surface area contributed by atoms with E-state index in [1.54, 1.807) is 6.92 Å². The Balaban J connectivity index is 2.29. The van der Waals surface area contributed by atoms with Gasteiger partial charge in [0.25, 0.3) is 0 Å². The maximum Gasteiger partial charge on any atom is 0.466 e. The molecule has 1 saturated heterocycles. The molecule has 0 amide bonds. The fourth-order valence-electron chi connectivity index (χ4n) is 2.88. The molecule has 0 N–H and O–H groups in total. The molecule has 5 nitrogen and oxygen atoms in total. The minimum Gasteiger partial charge on any atom is -0.494 e. The minimum atomic E-state index is -0.522. The van der Waals surface area contributed by atoms with Gasteiger partial charge in [-0.15, -0.1) is 0 Å². The molecule has 0 spiro atoms. The van der Waals surface area contributed by atoms with Crippen LogP contribution >= 0.6 is 0 Å². The molecular formula is C20H31BO5. The Morgan fingerprint density at radius 2 is 1.81 bits per heavy atom. The van der Waals surface area contributed by atoms with Crippen LogP contribution in [0.5, 0.6) is 5.75 Å². The van der Waals surface area contributed by atoms with Gasteiger partial charge in [-0.05, 0) is 58.7 Å². The van der Waals surface area contributed by atoms with Gasteiger partial charge in [-0.2, -0.15) is 0 Å². The van der Waals surface area contributed by atoms with Crippen LogP contribution in [0.15, 0.2) is 24.3 Å². The summed E-state index contributed by atoms with van der Waals surface area (Å²) in [4.78, 5) is 12.2. The van der Waals surface area contributed by atoms with Crippen LogP contribution in [0.2, 0.25) is 0 Å². The second kappa shape index (κ2) is 8.44. The van der Waals surface area contributed by atoms with E-state index in [1.807, 2.05) is 52.0 Å². The van der Waals surface area contributed by atoms with Crippen LogP contribution in [0.1, 0.15) is 65.8 Å². The molecule has 0 aromatic heterocycles. The van der Waals surface area contributed by atoms with E-state index in [2.05, 4.69) is 6.92 Å². The lowest BCUT2D eigenvalue weighted by molar-refractivity contribution is -0.143. The Hall–Kier alpha value is -1.53. The third kappa shape index (κ3) is 4.80. The average Bonchev–Trinajstić information content (AvgIpc) is 2.79. The van der Waals surface area contributed by atoms with E-state index in [0.717, 1.165) is 17.7 Å². The number of benzene rings is 1. The van der Waals surface area contributed by atoms with Gasteiger partial charge in [0, 0.05) is 5.82 Å². The lowest BCUT2D eigenvalue weighted by Crippen LogP contribution is -2.41. The van der Waals surface area contributed by atoms with Crippen molar-refractivity contribution in [3.8, 4) is 5.75 Å². The third-order valence-electron chi connectivity index (χ3n) is 5.05. The van der Waals surface area contributed by atoms with Crippen molar-refractivity contribution in [3.63, 3.8) is 0 Å². The number of carbonyl (C=O) groups is 1. The lowest BCUT2D eigenvalue weighted by atomic mass is 9.66. The maximum atomic E-state index is 12.2. The molecule has 144 valence electrons. The third-order valence-corrected chi connectivity index (χ3v) is 5.05. The lowest BCUT2D eigenvalue weighted by Gasteiger charge is -2.32. The zero-order valence-electron chi connectivity index (χ0n) is 16.8. The van der Waals surface area contributed by atoms with Crippen molar-refractivity contribution in [3.05, 3.63) is 29.8 Å². The van der Waals surface area contributed by atoms with Crippen molar-refractivity contribution in [2.75, 3.05) is 13.2 Å². The Morgan fingerprint density at radius 1 is 1.15 bits per heavy atom. The Labute approximate surface area is 157 Å². The normalized spacial score (nSPS) is 19.2. The van der Waals surface area contributed by atoms with Gasteiger partial charge in [0.15, 0.2) is 0 Å². The van der Waals surface area contributed by atoms with Crippen LogP contribution in [0.25, 0.3) is 0 Å². The summed E-state index contributed by atoms with van der Waals surface area (Å²) in [5.41, 5.74) is 0.0343. The molecule has 1 aromatic rings. The highest BCUT2D eigenvalue weighted by molar-refractivity contribution is 6.48. The van der Waals surface area contributed by atoms with Gasteiger partial charge in [0.2, 0.25) is 0 Å². The maximum absolute atomic E-state index is 12.2. The molecule has 0 saturated carbocycles. The quantitative estimate of drug-likeness (QED) is 0.514. The molecule has 1 aromatic carbocycles. The van der Waals surface area contributed by atoms with E-state index in [-0.39, 0.29) is 18.2 Å². The zero-order valence-corrected chi connectivity index (χ0v) is 16.8. The number of ether oxygens (including phenoxy) is 2. The first-order chi connectivity index (χ1) is 12.2. The summed E-state index contributed by atoms with van der Waals surface area (Å²) in [6, 6.07) is 7.80. The number of carbonyl (C=O) groups excluding carboxylic acids is 1. The first-order valence-electron chi connectivity index (χ1n) is 9.44. The standard InChI is InChI=1S/C20H31BO5/c1-7-12-24-16-11-9-10-15(13-16)17(14-18(22)23-8-2)21-25-19(3,4)20(5,6)26-21/h9-11,13,17H,7-8,12,14H2,1-6H3. The number of hydrogen-bond acceptors (Lipinski definition) is 5. The molecule has 6 heteroatoms. The molecule has 0 radical (unpaired) electrons. The molecule has 26 heavy (non-hydrogen) atoms. The number of esters is 1. The molecule has 1 aliphatic heterocycles. The van der Waals surface area contributed by atoms with Gasteiger partial charge in [0.1, 0.15) is 5.75 Å². The van der Waals surface area contributed by atoms with Crippen molar-refractivity contribution >= 4 is 13.1 Å². The van der Waals surface area contributed by atoms with Gasteiger partial charge < -0.3 is 18.8 Å². The van der Waals surface area contributed by atoms with Crippen molar-refractivity contribution < 1.29 is 23.6 Å². The van der Waals surface area contributed by atoms with Crippen molar-refractivity contribution in [2.24, 2.45) is 0 Å². The van der Waals surface area contributed by atoms with Crippen LogP contribution in [0, 0.1) is 0 Å². The first-order valence-corrected chi connectivity index (χ1v) is 9.44. The predicted molar refractivity (Wildman–Crippen MR) is 102 cm³/mol. The van der Waals surface area contributed by atoms with Crippen LogP contribution < -0.4 is 4.74 Å². The average molecular weight is 362 g/mol. The summed E-state index contributed by atoms with van der Waals surface area (Å²) in [6.45, 7) is 12.9. The Morgan fingerprint density at radius 3 is 2.38 bits per heavy atom. The molecule has 1 unspecified atom stereocenters. The second-order valence-electron chi connectivity index (χ2n) is 7.66. The van der Waals surface area contributed by atoms with Gasteiger partial charge >= 0.3 is 13.1 Å². The fourth-order valence-corrected chi connectivity index (χ4v) is 2.88. The van der Waals surface area contributed by atoms with Crippen LogP contribution in [0.3, 0.4) is 0 Å². The molecule has 2 rings (SSSR count). The number of hydrogen-bond donors (Lipinski definition) is 0. The zero-order chi connectivity index (χ0) is 19.4. The fraction of sp³-hybridized carbons (Fsp3) is 0.650. The van der Waals surface area contributed by atoms with Gasteiger partial charge in [0.05, 0.1) is 30.8 Å². The summed E-state index contributed by atoms with van der Waals surface area (Å²) in [5, 5.41) is 0. The summed E-state index contributed by atoms with van der Waals surface area (Å²) in [6.07, 6.45) is 1.13. The SMILES string of the molecule is CCCOc1cccc(C(CC(=O)OCC)B2OC(C)(C)C(C)(C)O2)c1. The van der Waals surface area contributed by atoms with Crippen molar-refractivity contribution in [1.82, 2.24) is 0 Å². The molecular weight excluding hydrogens is 331 g/mol. The summed E-state index contributed by atoms with van der Waals surface area (Å²) in [7, 11) is -0.522. The first kappa shape index (κ1) is 20.8. The molecule has 1 aliphatic rings.